The third-order valence-corrected chi connectivity index (χ3v) is 10.6. The van der Waals surface area contributed by atoms with Crippen molar-refractivity contribution >= 4 is 34.1 Å². The topological polar surface area (TPSA) is 58.4 Å². The molecule has 6 nitrogen and oxygen atoms in total. The Hall–Kier alpha value is -5.91. The summed E-state index contributed by atoms with van der Waals surface area (Å²) in [6, 6.07) is 44.4. The minimum atomic E-state index is -0.276. The molecule has 6 aromatic carbocycles. The monoisotopic (exact) mass is 894 g/mol. The fourth-order valence-corrected chi connectivity index (χ4v) is 8.39. The Morgan fingerprint density at radius 2 is 1.33 bits per heavy atom. The number of hydrogen-bond donors (Lipinski definition) is 0. The Balaban J connectivity index is 0.00000397. The third-order valence-electron chi connectivity index (χ3n) is 10.6. The summed E-state index contributed by atoms with van der Waals surface area (Å²) in [5, 5.41) is 0. The van der Waals surface area contributed by atoms with Crippen LogP contribution in [0, 0.1) is 46.8 Å². The van der Waals surface area contributed by atoms with E-state index in [0.29, 0.717) is 17.4 Å². The van der Waals surface area contributed by atoms with Crippen molar-refractivity contribution in [3.05, 3.63) is 155 Å². The molecule has 268 valence electrons. The molecular formula is C47H34BN3O3Pt. The van der Waals surface area contributed by atoms with Gasteiger partial charge in [-0.25, -0.2) is 4.98 Å². The van der Waals surface area contributed by atoms with Gasteiger partial charge in [-0.15, -0.1) is 52.9 Å². The fourth-order valence-electron chi connectivity index (χ4n) is 8.39. The average molecular weight is 895 g/mol. The fraction of sp³-hybridized carbons (Fsp3) is 0.106. The van der Waals surface area contributed by atoms with E-state index in [-0.39, 0.29) is 27.8 Å². The number of ether oxygens (including phenoxy) is 3. The Kier molecular flexibility index (Phi) is 8.51. The first-order valence-corrected chi connectivity index (χ1v) is 18.2. The van der Waals surface area contributed by atoms with Crippen molar-refractivity contribution in [2.75, 3.05) is 0 Å². The van der Waals surface area contributed by atoms with E-state index in [1.54, 1.807) is 6.20 Å². The van der Waals surface area contributed by atoms with Gasteiger partial charge in [0.05, 0.1) is 16.9 Å². The molecule has 2 aromatic heterocycles. The molecule has 4 heterocycles. The number of nitrogens with zero attached hydrogens (tertiary/aromatic N) is 3. The molecule has 2 aliphatic rings. The normalized spacial score (nSPS) is 12.2. The standard InChI is InChI=1S/C47H34BN3O3.Pt/c1-27-22-30(4)46(31(5)23-27)51-38-13-7-6-12-37(38)50-47(51)33-16-18-39-35(24-33)48-36-26-34(17-19-40(36)54-42-15-9-14-41(53-39)45(42)48)52-43-25-32(20-21-49-43)44-28(2)10-8-11-29(44)3;/h6-23,25H,1-5H3;/q-2;+2. The molecule has 0 radical (unpaired) electrons. The summed E-state index contributed by atoms with van der Waals surface area (Å²) < 4.78 is 21.8. The Morgan fingerprint density at radius 1 is 0.655 bits per heavy atom. The molecule has 10 rings (SSSR count). The third kappa shape index (κ3) is 5.77. The van der Waals surface area contributed by atoms with E-state index < -0.39 is 0 Å². The minimum absolute atomic E-state index is 0. The largest absolute Gasteiger partial charge is 2.00 e. The maximum atomic E-state index is 6.56. The van der Waals surface area contributed by atoms with Gasteiger partial charge in [0.15, 0.2) is 0 Å². The zero-order chi connectivity index (χ0) is 36.7. The van der Waals surface area contributed by atoms with Crippen LogP contribution in [0.15, 0.2) is 115 Å². The molecule has 0 saturated heterocycles. The predicted molar refractivity (Wildman–Crippen MR) is 215 cm³/mol. The van der Waals surface area contributed by atoms with Crippen LogP contribution in [0.2, 0.25) is 0 Å². The van der Waals surface area contributed by atoms with Crippen LogP contribution >= 0.6 is 0 Å². The SMILES string of the molecule is Cc1cc(C)c(-n2c(-c3[c-]c4c(cc3)Oc3cccc5c3B4c3[c-]c(Oc4cc(-c6c(C)cccc6C)ccn4)ccc3O5)nc3ccccc32)c(C)c1.[Pt+2]. The predicted octanol–water partition coefficient (Wildman–Crippen LogP) is 9.41. The second kappa shape index (κ2) is 13.4. The Bertz CT molecular complexity index is 2790. The van der Waals surface area contributed by atoms with Gasteiger partial charge in [0.25, 0.3) is 0 Å². The van der Waals surface area contributed by atoms with Gasteiger partial charge in [0.2, 0.25) is 12.6 Å². The summed E-state index contributed by atoms with van der Waals surface area (Å²) in [5.74, 6) is 4.78. The molecule has 55 heavy (non-hydrogen) atoms. The molecule has 0 spiro atoms. The van der Waals surface area contributed by atoms with Gasteiger partial charge >= 0.3 is 21.1 Å². The number of para-hydroxylation sites is 2. The quantitative estimate of drug-likeness (QED) is 0.127. The molecule has 0 unspecified atom stereocenters. The average Bonchev–Trinajstić information content (AvgIpc) is 3.53. The molecule has 0 bridgehead atoms. The van der Waals surface area contributed by atoms with Gasteiger partial charge in [0, 0.05) is 40.7 Å². The van der Waals surface area contributed by atoms with Crippen LogP contribution < -0.4 is 30.6 Å². The molecule has 0 amide bonds. The van der Waals surface area contributed by atoms with E-state index in [0.717, 1.165) is 67.3 Å². The van der Waals surface area contributed by atoms with Crippen LogP contribution in [0.1, 0.15) is 27.8 Å². The molecule has 8 aromatic rings. The summed E-state index contributed by atoms with van der Waals surface area (Å²) >= 11 is 0. The van der Waals surface area contributed by atoms with E-state index in [2.05, 4.69) is 111 Å². The van der Waals surface area contributed by atoms with Crippen molar-refractivity contribution in [2.45, 2.75) is 34.6 Å². The molecule has 0 aliphatic carbocycles. The molecule has 0 fully saturated rings. The number of pyridine rings is 1. The first-order chi connectivity index (χ1) is 26.3. The summed E-state index contributed by atoms with van der Waals surface area (Å²) in [6.07, 6.45) is 1.79. The first kappa shape index (κ1) is 34.8. The van der Waals surface area contributed by atoms with Crippen LogP contribution in [-0.4, -0.2) is 21.2 Å². The summed E-state index contributed by atoms with van der Waals surface area (Å²) in [6.45, 7) is 10.4. The number of fused-ring (bicyclic) bond motifs is 5. The van der Waals surface area contributed by atoms with Crippen molar-refractivity contribution in [2.24, 2.45) is 0 Å². The number of imidazole rings is 1. The minimum Gasteiger partial charge on any atom is -0.518 e. The van der Waals surface area contributed by atoms with Crippen molar-refractivity contribution in [1.29, 1.82) is 0 Å². The Labute approximate surface area is 335 Å². The number of aryl methyl sites for hydroxylation is 5. The smallest absolute Gasteiger partial charge is 0.518 e. The number of benzene rings is 6. The van der Waals surface area contributed by atoms with Gasteiger partial charge in [-0.1, -0.05) is 54.1 Å². The van der Waals surface area contributed by atoms with Gasteiger partial charge in [-0.3, -0.25) is 4.98 Å². The number of hydrogen-bond acceptors (Lipinski definition) is 5. The molecule has 0 N–H and O–H groups in total. The van der Waals surface area contributed by atoms with Gasteiger partial charge in [-0.2, -0.15) is 0 Å². The molecule has 8 heteroatoms. The maximum Gasteiger partial charge on any atom is 2.00 e. The summed E-state index contributed by atoms with van der Waals surface area (Å²) in [5.41, 5.74) is 14.9. The van der Waals surface area contributed by atoms with E-state index in [1.807, 2.05) is 54.6 Å². The molecule has 2 aliphatic heterocycles. The van der Waals surface area contributed by atoms with E-state index >= 15 is 0 Å². The van der Waals surface area contributed by atoms with E-state index in [9.17, 15) is 0 Å². The Morgan fingerprint density at radius 3 is 2.07 bits per heavy atom. The van der Waals surface area contributed by atoms with Crippen LogP contribution in [0.4, 0.5) is 0 Å². The van der Waals surface area contributed by atoms with Crippen molar-refractivity contribution in [3.8, 4) is 62.8 Å². The van der Waals surface area contributed by atoms with Crippen LogP contribution in [-0.2, 0) is 21.1 Å². The summed E-state index contributed by atoms with van der Waals surface area (Å²) in [7, 11) is 0. The van der Waals surface area contributed by atoms with Crippen molar-refractivity contribution < 1.29 is 35.3 Å². The van der Waals surface area contributed by atoms with Gasteiger partial charge < -0.3 is 18.8 Å². The van der Waals surface area contributed by atoms with Crippen LogP contribution in [0.5, 0.6) is 34.6 Å². The van der Waals surface area contributed by atoms with Crippen molar-refractivity contribution in [1.82, 2.24) is 14.5 Å². The van der Waals surface area contributed by atoms with Crippen LogP contribution in [0.25, 0.3) is 39.2 Å². The van der Waals surface area contributed by atoms with Crippen molar-refractivity contribution in [3.63, 3.8) is 0 Å². The van der Waals surface area contributed by atoms with Crippen LogP contribution in [0.3, 0.4) is 0 Å². The van der Waals surface area contributed by atoms with E-state index in [1.165, 1.54) is 33.4 Å². The van der Waals surface area contributed by atoms with E-state index in [4.69, 9.17) is 19.2 Å². The van der Waals surface area contributed by atoms with Gasteiger partial charge in [0.1, 0.15) is 11.5 Å². The number of aromatic nitrogens is 3. The molecule has 0 atom stereocenters. The zero-order valence-electron chi connectivity index (χ0n) is 30.9. The molecular weight excluding hydrogens is 860 g/mol. The summed E-state index contributed by atoms with van der Waals surface area (Å²) in [4.78, 5) is 9.79. The second-order valence-electron chi connectivity index (χ2n) is 14.3. The maximum absolute atomic E-state index is 6.56. The van der Waals surface area contributed by atoms with Gasteiger partial charge in [-0.05, 0) is 98.3 Å². The molecule has 0 saturated carbocycles. The number of rotatable bonds is 5. The second-order valence-corrected chi connectivity index (χ2v) is 14.3. The first-order valence-electron chi connectivity index (χ1n) is 18.2. The zero-order valence-corrected chi connectivity index (χ0v) is 33.2.